The van der Waals surface area contributed by atoms with Crippen molar-refractivity contribution < 1.29 is 4.39 Å². The first-order valence-electron chi connectivity index (χ1n) is 6.34. The first-order valence-corrected chi connectivity index (χ1v) is 7.33. The van der Waals surface area contributed by atoms with Crippen molar-refractivity contribution in [1.82, 2.24) is 5.32 Å². The molecule has 0 aliphatic heterocycles. The molecule has 0 aliphatic rings. The van der Waals surface area contributed by atoms with E-state index in [-0.39, 0.29) is 11.9 Å². The molecule has 1 atom stereocenters. The van der Waals surface area contributed by atoms with Crippen LogP contribution in [0.1, 0.15) is 24.1 Å². The van der Waals surface area contributed by atoms with E-state index < -0.39 is 0 Å². The van der Waals surface area contributed by atoms with Gasteiger partial charge in [-0.1, -0.05) is 42.5 Å². The third kappa shape index (κ3) is 3.58. The Labute approximate surface area is 118 Å². The molecule has 0 radical (unpaired) electrons. The highest BCUT2D eigenvalue weighted by atomic mass is 32.2. The second-order valence-corrected chi connectivity index (χ2v) is 5.43. The van der Waals surface area contributed by atoms with Crippen molar-refractivity contribution in [3.05, 3.63) is 65.5 Å². The predicted molar refractivity (Wildman–Crippen MR) is 79.9 cm³/mol. The molecule has 0 aromatic heterocycles. The van der Waals surface area contributed by atoms with Crippen LogP contribution in [0.15, 0.2) is 53.4 Å². The normalized spacial score (nSPS) is 12.4. The van der Waals surface area contributed by atoms with E-state index in [4.69, 9.17) is 0 Å². The van der Waals surface area contributed by atoms with E-state index in [1.54, 1.807) is 17.8 Å². The molecule has 2 aromatic rings. The van der Waals surface area contributed by atoms with E-state index >= 15 is 0 Å². The summed E-state index contributed by atoms with van der Waals surface area (Å²) in [5, 5.41) is 3.17. The van der Waals surface area contributed by atoms with Crippen LogP contribution in [-0.2, 0) is 5.75 Å². The molecule has 100 valence electrons. The van der Waals surface area contributed by atoms with Gasteiger partial charge in [0.05, 0.1) is 0 Å². The van der Waals surface area contributed by atoms with Crippen molar-refractivity contribution in [3.8, 4) is 0 Å². The smallest absolute Gasteiger partial charge is 0.137 e. The number of hydrogen-bond donors (Lipinski definition) is 1. The van der Waals surface area contributed by atoms with Gasteiger partial charge >= 0.3 is 0 Å². The Bertz CT molecular complexity index is 528. The van der Waals surface area contributed by atoms with Crippen molar-refractivity contribution >= 4 is 11.8 Å². The van der Waals surface area contributed by atoms with Crippen LogP contribution in [0, 0.1) is 5.82 Å². The average Bonchev–Trinajstić information content (AvgIpc) is 2.46. The minimum atomic E-state index is -0.138. The quantitative estimate of drug-likeness (QED) is 0.812. The molecule has 0 saturated heterocycles. The minimum Gasteiger partial charge on any atom is -0.313 e. The summed E-state index contributed by atoms with van der Waals surface area (Å²) in [6.07, 6.45) is 0. The van der Waals surface area contributed by atoms with Gasteiger partial charge in [-0.2, -0.15) is 0 Å². The van der Waals surface area contributed by atoms with E-state index in [0.717, 1.165) is 16.2 Å². The van der Waals surface area contributed by atoms with Crippen molar-refractivity contribution in [3.63, 3.8) is 0 Å². The average molecular weight is 275 g/mol. The summed E-state index contributed by atoms with van der Waals surface area (Å²) in [6, 6.07) is 15.6. The maximum absolute atomic E-state index is 14.0. The van der Waals surface area contributed by atoms with Gasteiger partial charge in [-0.25, -0.2) is 4.39 Å². The van der Waals surface area contributed by atoms with Crippen LogP contribution >= 0.6 is 11.8 Å². The van der Waals surface area contributed by atoms with E-state index in [0.29, 0.717) is 0 Å². The van der Waals surface area contributed by atoms with Gasteiger partial charge in [0.25, 0.3) is 0 Å². The SMILES string of the molecule is CNC(C)c1cccc(F)c1SCc1ccccc1. The Morgan fingerprint density at radius 3 is 2.53 bits per heavy atom. The van der Waals surface area contributed by atoms with Crippen molar-refractivity contribution in [2.24, 2.45) is 0 Å². The van der Waals surface area contributed by atoms with Gasteiger partial charge in [0, 0.05) is 16.7 Å². The highest BCUT2D eigenvalue weighted by Crippen LogP contribution is 2.32. The molecular weight excluding hydrogens is 257 g/mol. The van der Waals surface area contributed by atoms with Crippen LogP contribution in [0.4, 0.5) is 4.39 Å². The van der Waals surface area contributed by atoms with E-state index in [1.807, 2.05) is 38.2 Å². The molecule has 2 rings (SSSR count). The predicted octanol–water partition coefficient (Wildman–Crippen LogP) is 4.40. The lowest BCUT2D eigenvalue weighted by Crippen LogP contribution is -2.13. The van der Waals surface area contributed by atoms with Crippen molar-refractivity contribution in [2.75, 3.05) is 7.05 Å². The Hall–Kier alpha value is -1.32. The van der Waals surface area contributed by atoms with Crippen LogP contribution in [0.3, 0.4) is 0 Å². The van der Waals surface area contributed by atoms with Gasteiger partial charge in [-0.05, 0) is 31.2 Å². The fraction of sp³-hybridized carbons (Fsp3) is 0.250. The topological polar surface area (TPSA) is 12.0 Å². The summed E-state index contributed by atoms with van der Waals surface area (Å²) >= 11 is 1.56. The summed E-state index contributed by atoms with van der Waals surface area (Å²) in [6.45, 7) is 2.04. The fourth-order valence-electron chi connectivity index (χ4n) is 1.90. The number of halogens is 1. The molecule has 0 fully saturated rings. The Morgan fingerprint density at radius 1 is 1.11 bits per heavy atom. The zero-order valence-corrected chi connectivity index (χ0v) is 12.0. The molecule has 1 unspecified atom stereocenters. The Kier molecular flexibility index (Phi) is 5.00. The molecular formula is C16H18FNS. The molecule has 2 aromatic carbocycles. The van der Waals surface area contributed by atoms with Gasteiger partial charge < -0.3 is 5.32 Å². The van der Waals surface area contributed by atoms with Crippen LogP contribution in [0.5, 0.6) is 0 Å². The van der Waals surface area contributed by atoms with Crippen molar-refractivity contribution in [1.29, 1.82) is 0 Å². The van der Waals surface area contributed by atoms with Crippen LogP contribution in [0.2, 0.25) is 0 Å². The lowest BCUT2D eigenvalue weighted by atomic mass is 10.1. The van der Waals surface area contributed by atoms with Crippen LogP contribution in [-0.4, -0.2) is 7.05 Å². The van der Waals surface area contributed by atoms with Gasteiger partial charge in [0.2, 0.25) is 0 Å². The Morgan fingerprint density at radius 2 is 1.84 bits per heavy atom. The zero-order valence-electron chi connectivity index (χ0n) is 11.2. The standard InChI is InChI=1S/C16H18FNS/c1-12(18-2)14-9-6-10-15(17)16(14)19-11-13-7-4-3-5-8-13/h3-10,12,18H,11H2,1-2H3. The monoisotopic (exact) mass is 275 g/mol. The second-order valence-electron chi connectivity index (χ2n) is 4.44. The van der Waals surface area contributed by atoms with E-state index in [2.05, 4.69) is 17.4 Å². The second kappa shape index (κ2) is 6.73. The first kappa shape index (κ1) is 14.1. The van der Waals surface area contributed by atoms with E-state index in [9.17, 15) is 4.39 Å². The van der Waals surface area contributed by atoms with Gasteiger partial charge in [-0.15, -0.1) is 11.8 Å². The van der Waals surface area contributed by atoms with Crippen molar-refractivity contribution in [2.45, 2.75) is 23.6 Å². The molecule has 0 spiro atoms. The number of rotatable bonds is 5. The summed E-state index contributed by atoms with van der Waals surface area (Å²) in [4.78, 5) is 0.744. The Balaban J connectivity index is 2.19. The largest absolute Gasteiger partial charge is 0.313 e. The molecule has 0 bridgehead atoms. The molecule has 1 nitrogen and oxygen atoms in total. The number of thioether (sulfide) groups is 1. The van der Waals surface area contributed by atoms with Gasteiger partial charge in [-0.3, -0.25) is 0 Å². The fourth-order valence-corrected chi connectivity index (χ4v) is 3.02. The maximum atomic E-state index is 14.0. The van der Waals surface area contributed by atoms with E-state index in [1.165, 1.54) is 11.6 Å². The third-order valence-corrected chi connectivity index (χ3v) is 4.32. The molecule has 19 heavy (non-hydrogen) atoms. The molecule has 0 heterocycles. The third-order valence-electron chi connectivity index (χ3n) is 3.12. The van der Waals surface area contributed by atoms with Gasteiger partial charge in [0.15, 0.2) is 0 Å². The molecule has 0 aliphatic carbocycles. The number of hydrogen-bond acceptors (Lipinski definition) is 2. The minimum absolute atomic E-state index is 0.138. The highest BCUT2D eigenvalue weighted by Gasteiger charge is 2.13. The van der Waals surface area contributed by atoms with Gasteiger partial charge in [0.1, 0.15) is 5.82 Å². The van der Waals surface area contributed by atoms with Crippen LogP contribution in [0.25, 0.3) is 0 Å². The summed E-state index contributed by atoms with van der Waals surface area (Å²) in [7, 11) is 1.89. The maximum Gasteiger partial charge on any atom is 0.137 e. The summed E-state index contributed by atoms with van der Waals surface area (Å²) in [5.74, 6) is 0.645. The lowest BCUT2D eigenvalue weighted by Gasteiger charge is -2.16. The summed E-state index contributed by atoms with van der Waals surface area (Å²) in [5.41, 5.74) is 2.22. The number of benzene rings is 2. The number of nitrogens with one attached hydrogen (secondary N) is 1. The lowest BCUT2D eigenvalue weighted by molar-refractivity contribution is 0.576. The molecule has 0 saturated carbocycles. The molecule has 1 N–H and O–H groups in total. The van der Waals surface area contributed by atoms with Crippen LogP contribution < -0.4 is 5.32 Å². The first-order chi connectivity index (χ1) is 9.22. The molecule has 0 amide bonds. The summed E-state index contributed by atoms with van der Waals surface area (Å²) < 4.78 is 14.0. The zero-order chi connectivity index (χ0) is 13.7. The highest BCUT2D eigenvalue weighted by molar-refractivity contribution is 7.98. The molecule has 3 heteroatoms.